The van der Waals surface area contributed by atoms with Crippen LogP contribution in [0.15, 0.2) is 45.4 Å². The predicted molar refractivity (Wildman–Crippen MR) is 146 cm³/mol. The minimum Gasteiger partial charge on any atom is -0.474 e. The van der Waals surface area contributed by atoms with Crippen LogP contribution in [0.4, 0.5) is 5.95 Å². The molecule has 3 N–H and O–H groups in total. The molecule has 33 heavy (non-hydrogen) atoms. The highest BCUT2D eigenvalue weighted by molar-refractivity contribution is 9.10. The van der Waals surface area contributed by atoms with Gasteiger partial charge in [-0.1, -0.05) is 18.2 Å². The maximum absolute atomic E-state index is 10.4. The lowest BCUT2D eigenvalue weighted by Gasteiger charge is -2.28. The maximum Gasteiger partial charge on any atom is 0.246 e. The molecule has 0 aliphatic heterocycles. The maximum atomic E-state index is 10.4. The second kappa shape index (κ2) is 13.4. The summed E-state index contributed by atoms with van der Waals surface area (Å²) in [5, 5.41) is 21.5. The molecule has 0 aliphatic carbocycles. The predicted octanol–water partition coefficient (Wildman–Crippen LogP) is 5.46. The average molecular weight is 579 g/mol. The highest BCUT2D eigenvalue weighted by atomic mass is 79.9. The van der Waals surface area contributed by atoms with E-state index < -0.39 is 6.10 Å². The fraction of sp³-hybridized carbons (Fsp3) is 0.409. The molecule has 0 saturated heterocycles. The molecule has 1 aromatic carbocycles. The van der Waals surface area contributed by atoms with Crippen molar-refractivity contribution in [2.45, 2.75) is 45.8 Å². The van der Waals surface area contributed by atoms with Crippen molar-refractivity contribution in [2.24, 2.45) is 5.10 Å². The Bertz CT molecular complexity index is 1060. The Hall–Kier alpha value is -1.49. The standard InChI is InChI=1S/C22H28BrN5O2S.2ClH/c1-14(2)27-28-21-24-11-18(23)20(26-21)30-12-16(29)10-25-22(3,4)9-15-13-31-19-8-6-5-7-17(15)19;;/h5-8,11,13,16,25,29H,9-10,12H2,1-4H3,(H,24,26,28);2*1H. The van der Waals surface area contributed by atoms with Gasteiger partial charge in [-0.15, -0.1) is 36.2 Å². The molecule has 11 heteroatoms. The number of halogens is 3. The fourth-order valence-corrected chi connectivity index (χ4v) is 4.27. The molecule has 2 aromatic heterocycles. The van der Waals surface area contributed by atoms with Crippen molar-refractivity contribution in [3.63, 3.8) is 0 Å². The average Bonchev–Trinajstić information content (AvgIpc) is 3.13. The van der Waals surface area contributed by atoms with Crippen LogP contribution in [-0.4, -0.2) is 45.6 Å². The van der Waals surface area contributed by atoms with Crippen molar-refractivity contribution in [1.29, 1.82) is 0 Å². The number of nitrogens with one attached hydrogen (secondary N) is 2. The fourth-order valence-electron chi connectivity index (χ4n) is 3.00. The van der Waals surface area contributed by atoms with E-state index in [1.54, 1.807) is 17.5 Å². The topological polar surface area (TPSA) is 91.7 Å². The molecule has 7 nitrogen and oxygen atoms in total. The third kappa shape index (κ3) is 8.99. The van der Waals surface area contributed by atoms with E-state index >= 15 is 0 Å². The monoisotopic (exact) mass is 577 g/mol. The number of benzene rings is 1. The lowest BCUT2D eigenvalue weighted by atomic mass is 9.94. The summed E-state index contributed by atoms with van der Waals surface area (Å²) >= 11 is 5.14. The number of fused-ring (bicyclic) bond motifs is 1. The molecular weight excluding hydrogens is 549 g/mol. The number of thiophene rings is 1. The van der Waals surface area contributed by atoms with E-state index in [1.807, 2.05) is 13.8 Å². The largest absolute Gasteiger partial charge is 0.474 e. The van der Waals surface area contributed by atoms with Gasteiger partial charge in [-0.05, 0) is 72.4 Å². The molecule has 3 rings (SSSR count). The van der Waals surface area contributed by atoms with Crippen LogP contribution >= 0.6 is 52.1 Å². The molecule has 0 aliphatic rings. The Balaban J connectivity index is 0.00000272. The number of anilines is 1. The van der Waals surface area contributed by atoms with E-state index in [2.05, 4.69) is 85.2 Å². The Morgan fingerprint density at radius 3 is 2.73 bits per heavy atom. The summed E-state index contributed by atoms with van der Waals surface area (Å²) < 4.78 is 7.61. The highest BCUT2D eigenvalue weighted by Gasteiger charge is 2.21. The van der Waals surface area contributed by atoms with E-state index in [0.717, 1.165) is 12.1 Å². The van der Waals surface area contributed by atoms with Crippen molar-refractivity contribution in [2.75, 3.05) is 18.6 Å². The molecule has 0 radical (unpaired) electrons. The molecule has 1 unspecified atom stereocenters. The van der Waals surface area contributed by atoms with Crippen molar-refractivity contribution < 1.29 is 9.84 Å². The van der Waals surface area contributed by atoms with Crippen molar-refractivity contribution in [3.8, 4) is 5.88 Å². The number of aliphatic hydroxyl groups is 1. The third-order valence-electron chi connectivity index (χ3n) is 4.51. The van der Waals surface area contributed by atoms with Crippen LogP contribution in [0.25, 0.3) is 10.1 Å². The number of β-amino-alcohol motifs (C(OH)–C–C–N with tert-alkyl or cyclic N) is 1. The molecule has 0 fully saturated rings. The summed E-state index contributed by atoms with van der Waals surface area (Å²) in [6.45, 7) is 8.53. The van der Waals surface area contributed by atoms with Gasteiger partial charge in [0.05, 0.1) is 10.7 Å². The molecule has 182 valence electrons. The summed E-state index contributed by atoms with van der Waals surface area (Å²) in [5.41, 5.74) is 4.77. The number of nitrogens with zero attached hydrogens (tertiary/aromatic N) is 3. The van der Waals surface area contributed by atoms with Gasteiger partial charge in [-0.3, -0.25) is 0 Å². The van der Waals surface area contributed by atoms with Gasteiger partial charge in [0.15, 0.2) is 0 Å². The first-order valence-corrected chi connectivity index (χ1v) is 11.7. The number of aliphatic hydroxyl groups excluding tert-OH is 1. The molecule has 1 atom stereocenters. The Kier molecular flexibility index (Phi) is 12.0. The highest BCUT2D eigenvalue weighted by Crippen LogP contribution is 2.28. The summed E-state index contributed by atoms with van der Waals surface area (Å²) in [4.78, 5) is 8.41. The van der Waals surface area contributed by atoms with Crippen LogP contribution in [0.1, 0.15) is 33.3 Å². The molecule has 3 aromatic rings. The lowest BCUT2D eigenvalue weighted by Crippen LogP contribution is -2.46. The molecule has 0 bridgehead atoms. The van der Waals surface area contributed by atoms with E-state index in [4.69, 9.17) is 4.74 Å². The third-order valence-corrected chi connectivity index (χ3v) is 6.07. The molecule has 0 spiro atoms. The van der Waals surface area contributed by atoms with Gasteiger partial charge in [0.25, 0.3) is 0 Å². The van der Waals surface area contributed by atoms with Crippen molar-refractivity contribution in [3.05, 3.63) is 45.9 Å². The Morgan fingerprint density at radius 2 is 2.00 bits per heavy atom. The SMILES string of the molecule is CC(C)=NNc1ncc(Br)c(OCC(O)CNC(C)(C)Cc2csc3ccccc23)n1.Cl.Cl. The van der Waals surface area contributed by atoms with Gasteiger partial charge in [0, 0.05) is 22.5 Å². The van der Waals surface area contributed by atoms with Crippen molar-refractivity contribution in [1.82, 2.24) is 15.3 Å². The molecule has 0 amide bonds. The summed E-state index contributed by atoms with van der Waals surface area (Å²) in [5.74, 6) is 0.681. The Morgan fingerprint density at radius 1 is 1.27 bits per heavy atom. The zero-order valence-electron chi connectivity index (χ0n) is 19.0. The van der Waals surface area contributed by atoms with Crippen LogP contribution in [-0.2, 0) is 6.42 Å². The number of hydrogen-bond donors (Lipinski definition) is 3. The van der Waals surface area contributed by atoms with Crippen molar-refractivity contribution >= 4 is 73.8 Å². The van der Waals surface area contributed by atoms with Crippen LogP contribution in [0.3, 0.4) is 0 Å². The minimum absolute atomic E-state index is 0. The first kappa shape index (κ1) is 29.5. The van der Waals surface area contributed by atoms with Gasteiger partial charge in [-0.2, -0.15) is 10.1 Å². The normalized spacial score (nSPS) is 11.8. The zero-order valence-corrected chi connectivity index (χ0v) is 23.0. The number of aromatic nitrogens is 2. The molecular formula is C22H30BrCl2N5O2S. The zero-order chi connectivity index (χ0) is 22.4. The minimum atomic E-state index is -0.687. The summed E-state index contributed by atoms with van der Waals surface area (Å²) in [6, 6.07) is 8.44. The van der Waals surface area contributed by atoms with Crippen LogP contribution in [0.2, 0.25) is 0 Å². The Labute approximate surface area is 219 Å². The van der Waals surface area contributed by atoms with Gasteiger partial charge in [0.1, 0.15) is 12.7 Å². The van der Waals surface area contributed by atoms with Crippen LogP contribution in [0.5, 0.6) is 5.88 Å². The van der Waals surface area contributed by atoms with Gasteiger partial charge >= 0.3 is 0 Å². The summed E-state index contributed by atoms with van der Waals surface area (Å²) in [6.07, 6.45) is 1.77. The quantitative estimate of drug-likeness (QED) is 0.219. The lowest BCUT2D eigenvalue weighted by molar-refractivity contribution is 0.0962. The van der Waals surface area contributed by atoms with E-state index in [9.17, 15) is 5.11 Å². The first-order chi connectivity index (χ1) is 14.7. The number of hydrazone groups is 1. The van der Waals surface area contributed by atoms with Crippen LogP contribution < -0.4 is 15.5 Å². The second-order valence-corrected chi connectivity index (χ2v) is 9.95. The van der Waals surface area contributed by atoms with E-state index in [-0.39, 0.29) is 37.0 Å². The van der Waals surface area contributed by atoms with E-state index in [1.165, 1.54) is 15.6 Å². The second-order valence-electron chi connectivity index (χ2n) is 8.18. The van der Waals surface area contributed by atoms with Gasteiger partial charge < -0.3 is 15.2 Å². The van der Waals surface area contributed by atoms with Gasteiger partial charge in [-0.25, -0.2) is 10.4 Å². The van der Waals surface area contributed by atoms with E-state index in [0.29, 0.717) is 22.8 Å². The number of rotatable bonds is 10. The van der Waals surface area contributed by atoms with Crippen LogP contribution in [0, 0.1) is 0 Å². The number of hydrogen-bond acceptors (Lipinski definition) is 8. The van der Waals surface area contributed by atoms with Gasteiger partial charge in [0.2, 0.25) is 11.8 Å². The number of ether oxygens (including phenoxy) is 1. The summed E-state index contributed by atoms with van der Waals surface area (Å²) in [7, 11) is 0. The molecule has 2 heterocycles. The molecule has 0 saturated carbocycles. The smallest absolute Gasteiger partial charge is 0.246 e. The first-order valence-electron chi connectivity index (χ1n) is 10.0.